The monoisotopic (exact) mass is 539 g/mol. The Hall–Kier alpha value is -4.59. The zero-order chi connectivity index (χ0) is 28.2. The molecule has 0 radical (unpaired) electrons. The quantitative estimate of drug-likeness (QED) is 0.385. The van der Waals surface area contributed by atoms with Crippen LogP contribution >= 0.6 is 0 Å². The fourth-order valence-electron chi connectivity index (χ4n) is 5.27. The van der Waals surface area contributed by atoms with E-state index in [1.165, 1.54) is 0 Å². The second-order valence-corrected chi connectivity index (χ2v) is 9.98. The van der Waals surface area contributed by atoms with Gasteiger partial charge in [0.1, 0.15) is 29.7 Å². The molecule has 0 saturated carbocycles. The van der Waals surface area contributed by atoms with Gasteiger partial charge in [0.25, 0.3) is 5.91 Å². The molecule has 1 aromatic heterocycles. The summed E-state index contributed by atoms with van der Waals surface area (Å²) in [4.78, 5) is 31.4. The van der Waals surface area contributed by atoms with Crippen LogP contribution in [-0.2, 0) is 16.2 Å². The number of carbonyl (C=O) groups is 2. The number of allylic oxidation sites excluding steroid dienone is 3. The highest BCUT2D eigenvalue weighted by atomic mass is 16.5. The van der Waals surface area contributed by atoms with E-state index in [2.05, 4.69) is 15.6 Å². The molecule has 1 amide bonds. The second kappa shape index (κ2) is 11.7. The lowest BCUT2D eigenvalue weighted by Gasteiger charge is -2.34. The first-order valence-electron chi connectivity index (χ1n) is 13.3. The molecule has 0 fully saturated rings. The average Bonchev–Trinajstić information content (AvgIpc) is 2.96. The number of aryl methyl sites for hydroxylation is 1. The fraction of sp³-hybridized carbons (Fsp3) is 0.281. The predicted octanol–water partition coefficient (Wildman–Crippen LogP) is 5.59. The van der Waals surface area contributed by atoms with E-state index in [1.807, 2.05) is 62.4 Å². The van der Waals surface area contributed by atoms with Crippen LogP contribution in [0.5, 0.6) is 17.2 Å². The summed E-state index contributed by atoms with van der Waals surface area (Å²) >= 11 is 0. The number of Topliss-reactive ketones (excluding diaryl/α,β-unsaturated/α-hetero) is 1. The Morgan fingerprint density at radius 3 is 2.48 bits per heavy atom. The molecule has 1 atom stereocenters. The van der Waals surface area contributed by atoms with Crippen molar-refractivity contribution in [2.75, 3.05) is 19.5 Å². The van der Waals surface area contributed by atoms with Crippen molar-refractivity contribution in [1.82, 2.24) is 10.3 Å². The van der Waals surface area contributed by atoms with Crippen LogP contribution in [0.4, 0.5) is 5.82 Å². The first kappa shape index (κ1) is 27.0. The Morgan fingerprint density at radius 1 is 1.00 bits per heavy atom. The minimum atomic E-state index is -0.542. The maximum absolute atomic E-state index is 13.8. The Labute approximate surface area is 234 Å². The van der Waals surface area contributed by atoms with Crippen molar-refractivity contribution in [1.29, 1.82) is 0 Å². The van der Waals surface area contributed by atoms with Crippen molar-refractivity contribution in [3.05, 3.63) is 100 Å². The van der Waals surface area contributed by atoms with Gasteiger partial charge in [0.15, 0.2) is 5.78 Å². The molecule has 8 nitrogen and oxygen atoms in total. The van der Waals surface area contributed by atoms with E-state index >= 15 is 0 Å². The summed E-state index contributed by atoms with van der Waals surface area (Å²) in [7, 11) is 3.23. The molecule has 40 heavy (non-hydrogen) atoms. The van der Waals surface area contributed by atoms with Crippen LogP contribution in [0.15, 0.2) is 83.3 Å². The zero-order valence-electron chi connectivity index (χ0n) is 23.2. The smallest absolute Gasteiger partial charge is 0.255 e. The topological polar surface area (TPSA) is 98.8 Å². The van der Waals surface area contributed by atoms with Gasteiger partial charge in [0.2, 0.25) is 0 Å². The van der Waals surface area contributed by atoms with Gasteiger partial charge < -0.3 is 24.8 Å². The molecule has 3 aromatic rings. The van der Waals surface area contributed by atoms with Gasteiger partial charge >= 0.3 is 0 Å². The Bertz CT molecular complexity index is 1490. The third-order valence-electron chi connectivity index (χ3n) is 7.27. The molecule has 1 aliphatic carbocycles. The number of carbonyl (C=O) groups excluding carboxylic acids is 2. The summed E-state index contributed by atoms with van der Waals surface area (Å²) in [5, 5.41) is 6.30. The normalized spacial score (nSPS) is 16.7. The number of methoxy groups -OCH3 is 2. The van der Waals surface area contributed by atoms with Crippen LogP contribution in [0.1, 0.15) is 48.8 Å². The first-order valence-corrected chi connectivity index (χ1v) is 13.3. The molecule has 2 aromatic carbocycles. The molecule has 1 aliphatic heterocycles. The molecule has 0 bridgehead atoms. The van der Waals surface area contributed by atoms with Gasteiger partial charge in [-0.3, -0.25) is 9.59 Å². The number of hydrogen-bond acceptors (Lipinski definition) is 7. The maximum Gasteiger partial charge on any atom is 0.255 e. The molecule has 2 aliphatic rings. The Morgan fingerprint density at radius 2 is 1.77 bits per heavy atom. The van der Waals surface area contributed by atoms with E-state index in [0.29, 0.717) is 34.9 Å². The third kappa shape index (κ3) is 5.57. The number of pyridine rings is 1. The van der Waals surface area contributed by atoms with Crippen molar-refractivity contribution >= 4 is 17.5 Å². The number of ether oxygens (including phenoxy) is 3. The van der Waals surface area contributed by atoms with E-state index in [4.69, 9.17) is 14.2 Å². The number of nitrogens with zero attached hydrogens (tertiary/aromatic N) is 1. The Kier molecular flexibility index (Phi) is 7.86. The minimum Gasteiger partial charge on any atom is -0.497 e. The molecule has 0 spiro atoms. The number of dihydropyridines is 1. The lowest BCUT2D eigenvalue weighted by atomic mass is 9.74. The van der Waals surface area contributed by atoms with Crippen LogP contribution in [0.3, 0.4) is 0 Å². The highest BCUT2D eigenvalue weighted by Crippen LogP contribution is 2.43. The summed E-state index contributed by atoms with van der Waals surface area (Å²) in [6.45, 7) is 4.06. The number of ketones is 1. The molecular weight excluding hydrogens is 506 g/mol. The lowest BCUT2D eigenvalue weighted by Crippen LogP contribution is -2.35. The molecule has 0 saturated heterocycles. The van der Waals surface area contributed by atoms with Crippen LogP contribution < -0.4 is 24.8 Å². The summed E-state index contributed by atoms with van der Waals surface area (Å²) in [6.07, 6.45) is 3.70. The van der Waals surface area contributed by atoms with Gasteiger partial charge in [0, 0.05) is 46.6 Å². The van der Waals surface area contributed by atoms with Gasteiger partial charge in [-0.1, -0.05) is 12.1 Å². The second-order valence-electron chi connectivity index (χ2n) is 9.98. The van der Waals surface area contributed by atoms with Gasteiger partial charge in [-0.05, 0) is 80.3 Å². The molecular formula is C32H33N3O5. The van der Waals surface area contributed by atoms with Gasteiger partial charge in [-0.15, -0.1) is 0 Å². The number of benzene rings is 2. The predicted molar refractivity (Wildman–Crippen MR) is 152 cm³/mol. The van der Waals surface area contributed by atoms with Crippen molar-refractivity contribution in [3.8, 4) is 17.2 Å². The number of nitrogens with one attached hydrogen (secondary N) is 2. The first-order chi connectivity index (χ1) is 19.4. The van der Waals surface area contributed by atoms with Crippen LogP contribution in [-0.4, -0.2) is 30.9 Å². The van der Waals surface area contributed by atoms with Crippen molar-refractivity contribution in [3.63, 3.8) is 0 Å². The average molecular weight is 540 g/mol. The van der Waals surface area contributed by atoms with E-state index in [-0.39, 0.29) is 18.3 Å². The fourth-order valence-corrected chi connectivity index (χ4v) is 5.27. The SMILES string of the molecule is COc1ccc(OCc2cc([C@H]3C(C(=O)Nc4ccc(C)cn4)=C(C)NC4=C3C(=O)CCC4)ccc2OC)cc1. The highest BCUT2D eigenvalue weighted by Gasteiger charge is 2.38. The van der Waals surface area contributed by atoms with Gasteiger partial charge in [-0.25, -0.2) is 4.98 Å². The third-order valence-corrected chi connectivity index (χ3v) is 7.27. The zero-order valence-corrected chi connectivity index (χ0v) is 23.2. The van der Waals surface area contributed by atoms with Crippen molar-refractivity contribution in [2.24, 2.45) is 0 Å². The number of hydrogen-bond donors (Lipinski definition) is 2. The van der Waals surface area contributed by atoms with E-state index in [9.17, 15) is 9.59 Å². The van der Waals surface area contributed by atoms with E-state index < -0.39 is 5.92 Å². The molecule has 0 unspecified atom stereocenters. The molecule has 2 N–H and O–H groups in total. The highest BCUT2D eigenvalue weighted by molar-refractivity contribution is 6.09. The largest absolute Gasteiger partial charge is 0.497 e. The maximum atomic E-state index is 13.8. The molecule has 8 heteroatoms. The summed E-state index contributed by atoms with van der Waals surface area (Å²) in [5.74, 6) is 1.75. The number of anilines is 1. The lowest BCUT2D eigenvalue weighted by molar-refractivity contribution is -0.116. The van der Waals surface area contributed by atoms with Crippen molar-refractivity contribution < 1.29 is 23.8 Å². The number of aromatic nitrogens is 1. The Balaban J connectivity index is 1.52. The summed E-state index contributed by atoms with van der Waals surface area (Å²) in [6, 6.07) is 16.8. The summed E-state index contributed by atoms with van der Waals surface area (Å²) in [5.41, 5.74) is 5.35. The van der Waals surface area contributed by atoms with Gasteiger partial charge in [0.05, 0.1) is 14.2 Å². The van der Waals surface area contributed by atoms with E-state index in [1.54, 1.807) is 26.5 Å². The molecule has 206 valence electrons. The van der Waals surface area contributed by atoms with Crippen LogP contribution in [0.25, 0.3) is 0 Å². The number of rotatable bonds is 8. The van der Waals surface area contributed by atoms with Crippen molar-refractivity contribution in [2.45, 2.75) is 45.6 Å². The number of amides is 1. The van der Waals surface area contributed by atoms with E-state index in [0.717, 1.165) is 46.7 Å². The standard InChI is InChI=1S/C32H33N3O5/c1-19-8-15-28(33-17-19)35-32(37)29-20(2)34-25-6-5-7-26(36)31(25)30(29)21-9-14-27(39-4)22(16-21)18-40-24-12-10-23(38-3)11-13-24/h8-17,30,34H,5-7,18H2,1-4H3,(H,33,35,37)/t30-/m0/s1. The summed E-state index contributed by atoms with van der Waals surface area (Å²) < 4.78 is 16.9. The van der Waals surface area contributed by atoms with Crippen LogP contribution in [0, 0.1) is 6.92 Å². The van der Waals surface area contributed by atoms with Crippen LogP contribution in [0.2, 0.25) is 0 Å². The minimum absolute atomic E-state index is 0.0526. The molecule has 2 heterocycles. The van der Waals surface area contributed by atoms with Gasteiger partial charge in [-0.2, -0.15) is 0 Å². The molecule has 5 rings (SSSR count).